The van der Waals surface area contributed by atoms with Gasteiger partial charge in [-0.05, 0) is 38.0 Å². The van der Waals surface area contributed by atoms with Gasteiger partial charge in [0, 0.05) is 13.6 Å². The van der Waals surface area contributed by atoms with Crippen LogP contribution in [0, 0.1) is 5.82 Å². The van der Waals surface area contributed by atoms with E-state index in [1.54, 1.807) is 37.9 Å². The first kappa shape index (κ1) is 13.9. The van der Waals surface area contributed by atoms with Crippen LogP contribution in [0.5, 0.6) is 0 Å². The van der Waals surface area contributed by atoms with Crippen molar-refractivity contribution in [3.05, 3.63) is 29.6 Å². The number of anilines is 1. The molecular weight excluding hydrogens is 221 g/mol. The van der Waals surface area contributed by atoms with E-state index >= 15 is 0 Å². The molecule has 0 aliphatic rings. The average molecular weight is 241 g/mol. The maximum Gasteiger partial charge on any atom is 0.146 e. The standard InChI is InChI=1S/C13H20FNO2/c1-9(16)6-7-15(3)13-5-4-11(10(2)17)8-12(13)14/h4-5,8-10,16-17H,6-7H2,1-3H3. The van der Waals surface area contributed by atoms with Gasteiger partial charge in [0.05, 0.1) is 17.9 Å². The zero-order chi connectivity index (χ0) is 13.0. The maximum absolute atomic E-state index is 13.8. The SMILES string of the molecule is CC(O)CCN(C)c1ccc(C(C)O)cc1F. The predicted molar refractivity (Wildman–Crippen MR) is 66.6 cm³/mol. The Morgan fingerprint density at radius 1 is 1.29 bits per heavy atom. The summed E-state index contributed by atoms with van der Waals surface area (Å²) >= 11 is 0. The summed E-state index contributed by atoms with van der Waals surface area (Å²) in [5, 5.41) is 18.5. The molecule has 1 aromatic rings. The van der Waals surface area contributed by atoms with E-state index in [1.165, 1.54) is 6.07 Å². The van der Waals surface area contributed by atoms with Crippen molar-refractivity contribution in [2.45, 2.75) is 32.5 Å². The van der Waals surface area contributed by atoms with Crippen LogP contribution in [0.2, 0.25) is 0 Å². The predicted octanol–water partition coefficient (Wildman–Crippen LogP) is 2.09. The first-order valence-corrected chi connectivity index (χ1v) is 5.78. The van der Waals surface area contributed by atoms with Crippen molar-refractivity contribution in [3.8, 4) is 0 Å². The van der Waals surface area contributed by atoms with Gasteiger partial charge in [0.2, 0.25) is 0 Å². The highest BCUT2D eigenvalue weighted by atomic mass is 19.1. The highest BCUT2D eigenvalue weighted by molar-refractivity contribution is 5.48. The molecule has 2 unspecified atom stereocenters. The number of aliphatic hydroxyl groups excluding tert-OH is 2. The van der Waals surface area contributed by atoms with Gasteiger partial charge in [-0.25, -0.2) is 4.39 Å². The molecule has 2 N–H and O–H groups in total. The van der Waals surface area contributed by atoms with Gasteiger partial charge in [-0.2, -0.15) is 0 Å². The largest absolute Gasteiger partial charge is 0.393 e. The van der Waals surface area contributed by atoms with Crippen LogP contribution in [0.15, 0.2) is 18.2 Å². The van der Waals surface area contributed by atoms with Crippen LogP contribution in [-0.2, 0) is 0 Å². The van der Waals surface area contributed by atoms with Gasteiger partial charge in [0.25, 0.3) is 0 Å². The minimum absolute atomic E-state index is 0.350. The molecule has 4 heteroatoms. The summed E-state index contributed by atoms with van der Waals surface area (Å²) in [6.45, 7) is 3.90. The Bertz CT molecular complexity index is 366. The van der Waals surface area contributed by atoms with Crippen LogP contribution < -0.4 is 4.90 Å². The van der Waals surface area contributed by atoms with Gasteiger partial charge in [0.1, 0.15) is 5.82 Å². The molecule has 0 aromatic heterocycles. The molecule has 2 atom stereocenters. The van der Waals surface area contributed by atoms with Gasteiger partial charge >= 0.3 is 0 Å². The third-order valence-electron chi connectivity index (χ3n) is 2.75. The quantitative estimate of drug-likeness (QED) is 0.829. The van der Waals surface area contributed by atoms with Crippen molar-refractivity contribution in [1.82, 2.24) is 0 Å². The minimum atomic E-state index is -0.665. The van der Waals surface area contributed by atoms with E-state index in [0.717, 1.165) is 0 Å². The Kier molecular flexibility index (Phi) is 4.90. The van der Waals surface area contributed by atoms with Crippen LogP contribution >= 0.6 is 0 Å². The Balaban J connectivity index is 2.77. The van der Waals surface area contributed by atoms with Crippen LogP contribution in [0.3, 0.4) is 0 Å². The van der Waals surface area contributed by atoms with E-state index in [0.29, 0.717) is 24.2 Å². The molecule has 1 rings (SSSR count). The summed E-state index contributed by atoms with van der Waals surface area (Å²) in [6, 6.07) is 4.71. The lowest BCUT2D eigenvalue weighted by Crippen LogP contribution is -2.22. The molecule has 0 aliphatic heterocycles. The van der Waals surface area contributed by atoms with Crippen LogP contribution in [-0.4, -0.2) is 29.9 Å². The molecule has 0 saturated heterocycles. The Morgan fingerprint density at radius 2 is 1.94 bits per heavy atom. The third kappa shape index (κ3) is 3.98. The van der Waals surface area contributed by atoms with E-state index < -0.39 is 12.2 Å². The van der Waals surface area contributed by atoms with Crippen LogP contribution in [0.4, 0.5) is 10.1 Å². The molecule has 1 aromatic carbocycles. The monoisotopic (exact) mass is 241 g/mol. The summed E-state index contributed by atoms with van der Waals surface area (Å²) < 4.78 is 13.8. The smallest absolute Gasteiger partial charge is 0.146 e. The van der Waals surface area contributed by atoms with Gasteiger partial charge in [-0.15, -0.1) is 0 Å². The zero-order valence-corrected chi connectivity index (χ0v) is 10.5. The van der Waals surface area contributed by atoms with E-state index in [9.17, 15) is 14.6 Å². The van der Waals surface area contributed by atoms with Gasteiger partial charge in [-0.1, -0.05) is 6.07 Å². The average Bonchev–Trinajstić information content (AvgIpc) is 2.25. The second-order valence-corrected chi connectivity index (χ2v) is 4.45. The maximum atomic E-state index is 13.8. The van der Waals surface area contributed by atoms with Crippen molar-refractivity contribution in [2.75, 3.05) is 18.5 Å². The van der Waals surface area contributed by atoms with Crippen LogP contribution in [0.1, 0.15) is 31.9 Å². The van der Waals surface area contributed by atoms with Crippen molar-refractivity contribution >= 4 is 5.69 Å². The highest BCUT2D eigenvalue weighted by Gasteiger charge is 2.10. The highest BCUT2D eigenvalue weighted by Crippen LogP contribution is 2.22. The number of nitrogens with zero attached hydrogens (tertiary/aromatic N) is 1. The molecule has 0 radical (unpaired) electrons. The van der Waals surface area contributed by atoms with E-state index in [4.69, 9.17) is 0 Å². The molecule has 96 valence electrons. The molecule has 0 amide bonds. The second-order valence-electron chi connectivity index (χ2n) is 4.45. The summed E-state index contributed by atoms with van der Waals surface area (Å²) in [5.74, 6) is -0.350. The molecule has 0 aliphatic carbocycles. The van der Waals surface area contributed by atoms with Crippen LogP contribution in [0.25, 0.3) is 0 Å². The summed E-state index contributed by atoms with van der Waals surface area (Å²) in [5.41, 5.74) is 1.05. The van der Waals surface area contributed by atoms with E-state index in [1.807, 2.05) is 0 Å². The number of benzene rings is 1. The Hall–Kier alpha value is -1.13. The molecule has 0 spiro atoms. The lowest BCUT2D eigenvalue weighted by molar-refractivity contribution is 0.187. The Morgan fingerprint density at radius 3 is 2.41 bits per heavy atom. The van der Waals surface area contributed by atoms with Gasteiger partial charge < -0.3 is 15.1 Å². The summed E-state index contributed by atoms with van der Waals surface area (Å²) in [4.78, 5) is 1.76. The van der Waals surface area contributed by atoms with Crippen molar-refractivity contribution in [2.24, 2.45) is 0 Å². The fraction of sp³-hybridized carbons (Fsp3) is 0.538. The second kappa shape index (κ2) is 5.98. The summed E-state index contributed by atoms with van der Waals surface area (Å²) in [6.07, 6.45) is -0.466. The van der Waals surface area contributed by atoms with Gasteiger partial charge in [-0.3, -0.25) is 0 Å². The van der Waals surface area contributed by atoms with E-state index in [2.05, 4.69) is 0 Å². The van der Waals surface area contributed by atoms with Gasteiger partial charge in [0.15, 0.2) is 0 Å². The van der Waals surface area contributed by atoms with Crippen molar-refractivity contribution in [3.63, 3.8) is 0 Å². The fourth-order valence-corrected chi connectivity index (χ4v) is 1.59. The van der Waals surface area contributed by atoms with Crippen molar-refractivity contribution < 1.29 is 14.6 Å². The molecule has 0 heterocycles. The number of aliphatic hydroxyl groups is 2. The number of hydrogen-bond donors (Lipinski definition) is 2. The van der Waals surface area contributed by atoms with E-state index in [-0.39, 0.29) is 5.82 Å². The summed E-state index contributed by atoms with van der Waals surface area (Å²) in [7, 11) is 1.78. The number of rotatable bonds is 5. The minimum Gasteiger partial charge on any atom is -0.393 e. The zero-order valence-electron chi connectivity index (χ0n) is 10.5. The molecule has 17 heavy (non-hydrogen) atoms. The lowest BCUT2D eigenvalue weighted by Gasteiger charge is -2.21. The lowest BCUT2D eigenvalue weighted by atomic mass is 10.1. The molecule has 0 bridgehead atoms. The topological polar surface area (TPSA) is 43.7 Å². The molecule has 0 fully saturated rings. The van der Waals surface area contributed by atoms with Crippen molar-refractivity contribution in [1.29, 1.82) is 0 Å². The first-order chi connectivity index (χ1) is 7.91. The normalized spacial score (nSPS) is 14.5. The molecular formula is C13H20FNO2. The first-order valence-electron chi connectivity index (χ1n) is 5.78. The number of halogens is 1. The third-order valence-corrected chi connectivity index (χ3v) is 2.75. The molecule has 3 nitrogen and oxygen atoms in total. The molecule has 0 saturated carbocycles. The fourth-order valence-electron chi connectivity index (χ4n) is 1.59. The Labute approximate surface area is 101 Å². The number of hydrogen-bond acceptors (Lipinski definition) is 3.